The maximum absolute atomic E-state index is 5.73. The van der Waals surface area contributed by atoms with E-state index in [0.717, 1.165) is 5.56 Å². The highest BCUT2D eigenvalue weighted by atomic mass is 15.3. The molecule has 2 rings (SSSR count). The summed E-state index contributed by atoms with van der Waals surface area (Å²) < 4.78 is 1.98. The van der Waals surface area contributed by atoms with Crippen molar-refractivity contribution in [1.82, 2.24) is 9.78 Å². The van der Waals surface area contributed by atoms with E-state index in [-0.39, 0.29) is 0 Å². The molecule has 2 aromatic rings. The lowest BCUT2D eigenvalue weighted by atomic mass is 9.99. The van der Waals surface area contributed by atoms with Crippen LogP contribution in [0.3, 0.4) is 0 Å². The molecule has 3 heteroatoms. The summed E-state index contributed by atoms with van der Waals surface area (Å²) in [6, 6.07) is 6.64. The average molecular weight is 229 g/mol. The molecule has 0 aliphatic rings. The van der Waals surface area contributed by atoms with Gasteiger partial charge in [0.25, 0.3) is 0 Å². The van der Waals surface area contributed by atoms with Crippen molar-refractivity contribution < 1.29 is 0 Å². The fourth-order valence-corrected chi connectivity index (χ4v) is 1.98. The monoisotopic (exact) mass is 229 g/mol. The van der Waals surface area contributed by atoms with E-state index in [4.69, 9.17) is 5.73 Å². The van der Waals surface area contributed by atoms with Gasteiger partial charge in [0.1, 0.15) is 0 Å². The molecule has 0 unspecified atom stereocenters. The Morgan fingerprint density at radius 1 is 1.35 bits per heavy atom. The van der Waals surface area contributed by atoms with Crippen molar-refractivity contribution in [3.8, 4) is 11.1 Å². The quantitative estimate of drug-likeness (QED) is 0.879. The SMILES string of the molecule is Cc1c(CN)cccc1-c1cnn(C(C)C)c1. The van der Waals surface area contributed by atoms with Crippen molar-refractivity contribution in [2.45, 2.75) is 33.4 Å². The fourth-order valence-electron chi connectivity index (χ4n) is 1.98. The fraction of sp³-hybridized carbons (Fsp3) is 0.357. The van der Waals surface area contributed by atoms with Gasteiger partial charge in [-0.15, -0.1) is 0 Å². The van der Waals surface area contributed by atoms with Gasteiger partial charge in [-0.25, -0.2) is 0 Å². The minimum absolute atomic E-state index is 0.391. The molecule has 0 aliphatic carbocycles. The molecule has 0 radical (unpaired) electrons. The number of nitrogens with two attached hydrogens (primary N) is 1. The van der Waals surface area contributed by atoms with Crippen LogP contribution in [0, 0.1) is 6.92 Å². The van der Waals surface area contributed by atoms with Gasteiger partial charge in [-0.05, 0) is 37.5 Å². The number of hydrogen-bond acceptors (Lipinski definition) is 2. The Morgan fingerprint density at radius 2 is 2.12 bits per heavy atom. The molecule has 1 aromatic carbocycles. The summed E-state index contributed by atoms with van der Waals surface area (Å²) >= 11 is 0. The van der Waals surface area contributed by atoms with Crippen LogP contribution in [0.1, 0.15) is 31.0 Å². The molecule has 1 heterocycles. The van der Waals surface area contributed by atoms with E-state index in [9.17, 15) is 0 Å². The van der Waals surface area contributed by atoms with Crippen molar-refractivity contribution >= 4 is 0 Å². The van der Waals surface area contributed by atoms with E-state index >= 15 is 0 Å². The predicted molar refractivity (Wildman–Crippen MR) is 70.7 cm³/mol. The molecule has 17 heavy (non-hydrogen) atoms. The zero-order valence-corrected chi connectivity index (χ0v) is 10.6. The Labute approximate surface area is 102 Å². The Balaban J connectivity index is 2.45. The predicted octanol–water partition coefficient (Wildman–Crippen LogP) is 2.90. The molecule has 0 aliphatic heterocycles. The van der Waals surface area contributed by atoms with E-state index in [1.807, 2.05) is 10.9 Å². The molecule has 1 aromatic heterocycles. The first-order valence-electron chi connectivity index (χ1n) is 5.96. The molecule has 0 fully saturated rings. The third-order valence-corrected chi connectivity index (χ3v) is 3.11. The van der Waals surface area contributed by atoms with Gasteiger partial charge < -0.3 is 5.73 Å². The summed E-state index contributed by atoms with van der Waals surface area (Å²) in [4.78, 5) is 0. The molecule has 0 bridgehead atoms. The van der Waals surface area contributed by atoms with E-state index < -0.39 is 0 Å². The molecule has 3 nitrogen and oxygen atoms in total. The van der Waals surface area contributed by atoms with Crippen LogP contribution in [0.15, 0.2) is 30.6 Å². The van der Waals surface area contributed by atoms with Gasteiger partial charge in [0.05, 0.1) is 6.20 Å². The zero-order valence-electron chi connectivity index (χ0n) is 10.6. The number of nitrogens with zero attached hydrogens (tertiary/aromatic N) is 2. The topological polar surface area (TPSA) is 43.8 Å². The lowest BCUT2D eigenvalue weighted by Crippen LogP contribution is -2.00. The van der Waals surface area contributed by atoms with Gasteiger partial charge >= 0.3 is 0 Å². The minimum Gasteiger partial charge on any atom is -0.326 e. The van der Waals surface area contributed by atoms with Gasteiger partial charge in [-0.3, -0.25) is 4.68 Å². The Hall–Kier alpha value is -1.61. The van der Waals surface area contributed by atoms with Gasteiger partial charge in [0, 0.05) is 24.3 Å². The van der Waals surface area contributed by atoms with Crippen LogP contribution in [0.5, 0.6) is 0 Å². The number of benzene rings is 1. The van der Waals surface area contributed by atoms with Crippen molar-refractivity contribution in [1.29, 1.82) is 0 Å². The third-order valence-electron chi connectivity index (χ3n) is 3.11. The Kier molecular flexibility index (Phi) is 3.29. The molecule has 0 saturated carbocycles. The second-order valence-corrected chi connectivity index (χ2v) is 4.60. The number of rotatable bonds is 3. The highest BCUT2D eigenvalue weighted by molar-refractivity contribution is 5.67. The second-order valence-electron chi connectivity index (χ2n) is 4.60. The molecule has 0 amide bonds. The standard InChI is InChI=1S/C14H19N3/c1-10(2)17-9-13(8-16-17)14-6-4-5-12(7-15)11(14)3/h4-6,8-10H,7,15H2,1-3H3. The van der Waals surface area contributed by atoms with E-state index in [1.54, 1.807) is 0 Å². The first kappa shape index (κ1) is 11.9. The maximum Gasteiger partial charge on any atom is 0.0568 e. The zero-order chi connectivity index (χ0) is 12.4. The number of hydrogen-bond donors (Lipinski definition) is 1. The van der Waals surface area contributed by atoms with Crippen LogP contribution in [-0.4, -0.2) is 9.78 Å². The summed E-state index contributed by atoms with van der Waals surface area (Å²) in [6.45, 7) is 6.95. The molecule has 2 N–H and O–H groups in total. The van der Waals surface area contributed by atoms with Crippen molar-refractivity contribution in [2.75, 3.05) is 0 Å². The highest BCUT2D eigenvalue weighted by Gasteiger charge is 2.08. The highest BCUT2D eigenvalue weighted by Crippen LogP contribution is 2.25. The summed E-state index contributed by atoms with van der Waals surface area (Å²) in [5.41, 5.74) is 10.6. The van der Waals surface area contributed by atoms with Gasteiger partial charge in [0.15, 0.2) is 0 Å². The molecule has 0 atom stereocenters. The molecular formula is C14H19N3. The molecule has 90 valence electrons. The van der Waals surface area contributed by atoms with E-state index in [0.29, 0.717) is 12.6 Å². The van der Waals surface area contributed by atoms with Gasteiger partial charge in [-0.1, -0.05) is 18.2 Å². The van der Waals surface area contributed by atoms with Crippen LogP contribution in [0.25, 0.3) is 11.1 Å². The van der Waals surface area contributed by atoms with Crippen LogP contribution in [0.2, 0.25) is 0 Å². The van der Waals surface area contributed by atoms with Crippen LogP contribution in [0.4, 0.5) is 0 Å². The first-order valence-corrected chi connectivity index (χ1v) is 5.96. The largest absolute Gasteiger partial charge is 0.326 e. The van der Waals surface area contributed by atoms with Crippen LogP contribution in [-0.2, 0) is 6.54 Å². The summed E-state index contributed by atoms with van der Waals surface area (Å²) in [5.74, 6) is 0. The van der Waals surface area contributed by atoms with Gasteiger partial charge in [0.2, 0.25) is 0 Å². The minimum atomic E-state index is 0.391. The summed E-state index contributed by atoms with van der Waals surface area (Å²) in [6.07, 6.45) is 4.01. The van der Waals surface area contributed by atoms with E-state index in [2.05, 4.69) is 50.3 Å². The molecule has 0 spiro atoms. The van der Waals surface area contributed by atoms with Crippen molar-refractivity contribution in [3.63, 3.8) is 0 Å². The maximum atomic E-state index is 5.73. The van der Waals surface area contributed by atoms with Crippen LogP contribution < -0.4 is 5.73 Å². The van der Waals surface area contributed by atoms with Crippen molar-refractivity contribution in [2.24, 2.45) is 5.73 Å². The van der Waals surface area contributed by atoms with Crippen LogP contribution >= 0.6 is 0 Å². The number of aromatic nitrogens is 2. The lowest BCUT2D eigenvalue weighted by Gasteiger charge is -2.08. The lowest BCUT2D eigenvalue weighted by molar-refractivity contribution is 0.532. The smallest absolute Gasteiger partial charge is 0.0568 e. The second kappa shape index (κ2) is 4.72. The van der Waals surface area contributed by atoms with E-state index in [1.165, 1.54) is 16.7 Å². The molecular weight excluding hydrogens is 210 g/mol. The first-order chi connectivity index (χ1) is 8.13. The summed E-state index contributed by atoms with van der Waals surface area (Å²) in [5, 5.41) is 4.37. The Morgan fingerprint density at radius 3 is 2.71 bits per heavy atom. The Bertz CT molecular complexity index is 512. The third kappa shape index (κ3) is 2.24. The summed E-state index contributed by atoms with van der Waals surface area (Å²) in [7, 11) is 0. The van der Waals surface area contributed by atoms with Crippen molar-refractivity contribution in [3.05, 3.63) is 41.7 Å². The average Bonchev–Trinajstić information content (AvgIpc) is 2.78. The van der Waals surface area contributed by atoms with Gasteiger partial charge in [-0.2, -0.15) is 5.10 Å². The molecule has 0 saturated heterocycles. The normalized spacial score (nSPS) is 11.1.